The van der Waals surface area contributed by atoms with Crippen LogP contribution in [0.4, 0.5) is 5.69 Å². The van der Waals surface area contributed by atoms with Crippen molar-refractivity contribution >= 4 is 36.4 Å². The number of pyridine rings is 1. The Balaban J connectivity index is 0.00000132. The summed E-state index contributed by atoms with van der Waals surface area (Å²) in [4.78, 5) is 20.3. The Hall–Kier alpha value is -1.67. The number of nitrogens with zero attached hydrogens (tertiary/aromatic N) is 3. The highest BCUT2D eigenvalue weighted by molar-refractivity contribution is 5.95. The molecule has 1 fully saturated rings. The third-order valence-electron chi connectivity index (χ3n) is 3.50. The maximum atomic E-state index is 12.3. The summed E-state index contributed by atoms with van der Waals surface area (Å²) in [6.45, 7) is 0.441. The topological polar surface area (TPSA) is 95.1 Å². The Bertz CT molecular complexity index is 623. The minimum Gasteiger partial charge on any atom is -0.364 e. The molecule has 0 aliphatic carbocycles. The van der Waals surface area contributed by atoms with Gasteiger partial charge < -0.3 is 20.4 Å². The van der Waals surface area contributed by atoms with E-state index in [0.717, 1.165) is 12.1 Å². The second kappa shape index (κ2) is 8.83. The first-order chi connectivity index (χ1) is 10.3. The molecule has 0 bridgehead atoms. The summed E-state index contributed by atoms with van der Waals surface area (Å²) in [6, 6.07) is 1.81. The SMILES string of the molecule is Cl.Cl.NC[C@H]1CC[C@@H](C(=O)Nc2cnccc2-n2ccnc2)O1. The van der Waals surface area contributed by atoms with E-state index >= 15 is 0 Å². The molecule has 0 radical (unpaired) electrons. The number of carbonyl (C=O) groups is 1. The van der Waals surface area contributed by atoms with Gasteiger partial charge in [-0.05, 0) is 18.9 Å². The molecule has 0 aromatic carbocycles. The molecular weight excluding hydrogens is 341 g/mol. The van der Waals surface area contributed by atoms with Gasteiger partial charge in [0.05, 0.1) is 30.0 Å². The number of hydrogen-bond donors (Lipinski definition) is 2. The van der Waals surface area contributed by atoms with E-state index in [2.05, 4.69) is 15.3 Å². The van der Waals surface area contributed by atoms with Gasteiger partial charge in [-0.1, -0.05) is 0 Å². The first kappa shape index (κ1) is 19.4. The van der Waals surface area contributed by atoms with Gasteiger partial charge in [0.25, 0.3) is 5.91 Å². The van der Waals surface area contributed by atoms with E-state index in [0.29, 0.717) is 18.7 Å². The van der Waals surface area contributed by atoms with Gasteiger partial charge in [0, 0.05) is 25.1 Å². The number of nitrogens with two attached hydrogens (primary N) is 1. The lowest BCUT2D eigenvalue weighted by Crippen LogP contribution is -2.30. The molecule has 0 saturated carbocycles. The van der Waals surface area contributed by atoms with Crippen molar-refractivity contribution < 1.29 is 9.53 Å². The van der Waals surface area contributed by atoms with Gasteiger partial charge in [0.1, 0.15) is 6.10 Å². The molecule has 23 heavy (non-hydrogen) atoms. The highest BCUT2D eigenvalue weighted by Gasteiger charge is 2.30. The summed E-state index contributed by atoms with van der Waals surface area (Å²) in [5.74, 6) is -0.166. The summed E-state index contributed by atoms with van der Waals surface area (Å²) >= 11 is 0. The van der Waals surface area contributed by atoms with Crippen LogP contribution in [-0.2, 0) is 9.53 Å². The van der Waals surface area contributed by atoms with Crippen molar-refractivity contribution in [2.24, 2.45) is 5.73 Å². The molecule has 0 spiro atoms. The average molecular weight is 360 g/mol. The Morgan fingerprint density at radius 3 is 2.83 bits per heavy atom. The lowest BCUT2D eigenvalue weighted by atomic mass is 10.2. The Labute approximate surface area is 146 Å². The van der Waals surface area contributed by atoms with Crippen LogP contribution in [0.2, 0.25) is 0 Å². The van der Waals surface area contributed by atoms with Crippen molar-refractivity contribution in [2.75, 3.05) is 11.9 Å². The fourth-order valence-corrected chi connectivity index (χ4v) is 2.40. The molecule has 1 saturated heterocycles. The standard InChI is InChI=1S/C14H17N5O2.2ClH/c15-7-10-1-2-13(21-10)14(20)18-11-8-16-4-3-12(11)19-6-5-17-9-19;;/h3-6,8-10,13H,1-2,7,15H2,(H,18,20);2*1H/t10-,13+;;/m1../s1. The van der Waals surface area contributed by atoms with Crippen molar-refractivity contribution in [3.05, 3.63) is 37.2 Å². The van der Waals surface area contributed by atoms with E-state index < -0.39 is 6.10 Å². The summed E-state index contributed by atoms with van der Waals surface area (Å²) in [5.41, 5.74) is 6.99. The van der Waals surface area contributed by atoms with E-state index in [1.54, 1.807) is 24.9 Å². The smallest absolute Gasteiger partial charge is 0.253 e. The van der Waals surface area contributed by atoms with E-state index in [-0.39, 0.29) is 36.8 Å². The zero-order chi connectivity index (χ0) is 14.7. The molecule has 126 valence electrons. The van der Waals surface area contributed by atoms with Gasteiger partial charge in [-0.2, -0.15) is 0 Å². The molecule has 2 aromatic heterocycles. The van der Waals surface area contributed by atoms with Crippen molar-refractivity contribution in [1.29, 1.82) is 0 Å². The molecule has 1 amide bonds. The molecule has 3 heterocycles. The second-order valence-corrected chi connectivity index (χ2v) is 4.91. The molecule has 3 rings (SSSR count). The fraction of sp³-hybridized carbons (Fsp3) is 0.357. The minimum absolute atomic E-state index is 0. The maximum absolute atomic E-state index is 12.3. The molecule has 9 heteroatoms. The zero-order valence-electron chi connectivity index (χ0n) is 12.3. The van der Waals surface area contributed by atoms with Crippen LogP contribution in [0, 0.1) is 0 Å². The molecular formula is C14H19Cl2N5O2. The quantitative estimate of drug-likeness (QED) is 0.863. The fourth-order valence-electron chi connectivity index (χ4n) is 2.40. The highest BCUT2D eigenvalue weighted by Crippen LogP contribution is 2.23. The highest BCUT2D eigenvalue weighted by atomic mass is 35.5. The van der Waals surface area contributed by atoms with Crippen LogP contribution in [0.5, 0.6) is 0 Å². The second-order valence-electron chi connectivity index (χ2n) is 4.91. The third-order valence-corrected chi connectivity index (χ3v) is 3.50. The number of aromatic nitrogens is 3. The number of ether oxygens (including phenoxy) is 1. The van der Waals surface area contributed by atoms with Crippen molar-refractivity contribution in [3.63, 3.8) is 0 Å². The van der Waals surface area contributed by atoms with Gasteiger partial charge in [0.2, 0.25) is 0 Å². The van der Waals surface area contributed by atoms with E-state index in [4.69, 9.17) is 10.5 Å². The van der Waals surface area contributed by atoms with Gasteiger partial charge in [-0.3, -0.25) is 9.78 Å². The minimum atomic E-state index is -0.450. The molecule has 2 atom stereocenters. The molecule has 3 N–H and O–H groups in total. The predicted molar refractivity (Wildman–Crippen MR) is 91.4 cm³/mol. The number of amides is 1. The Kier molecular flexibility index (Phi) is 7.44. The molecule has 0 unspecified atom stereocenters. The maximum Gasteiger partial charge on any atom is 0.253 e. The Morgan fingerprint density at radius 1 is 1.35 bits per heavy atom. The number of rotatable bonds is 4. The largest absolute Gasteiger partial charge is 0.364 e. The number of carbonyl (C=O) groups excluding carboxylic acids is 1. The van der Waals surface area contributed by atoms with Crippen LogP contribution in [0.25, 0.3) is 5.69 Å². The molecule has 7 nitrogen and oxygen atoms in total. The number of halogens is 2. The average Bonchev–Trinajstić information content (AvgIpc) is 3.19. The van der Waals surface area contributed by atoms with Gasteiger partial charge >= 0.3 is 0 Å². The summed E-state index contributed by atoms with van der Waals surface area (Å²) in [7, 11) is 0. The van der Waals surface area contributed by atoms with Crippen LogP contribution in [0.3, 0.4) is 0 Å². The lowest BCUT2D eigenvalue weighted by molar-refractivity contribution is -0.126. The van der Waals surface area contributed by atoms with Gasteiger partial charge in [-0.15, -0.1) is 24.8 Å². The lowest BCUT2D eigenvalue weighted by Gasteiger charge is -2.15. The number of imidazole rings is 1. The Morgan fingerprint density at radius 2 is 2.17 bits per heavy atom. The van der Waals surface area contributed by atoms with Gasteiger partial charge in [-0.25, -0.2) is 4.98 Å². The predicted octanol–water partition coefficient (Wildman–Crippen LogP) is 1.56. The van der Waals surface area contributed by atoms with Crippen molar-refractivity contribution in [2.45, 2.75) is 25.0 Å². The summed E-state index contributed by atoms with van der Waals surface area (Å²) < 4.78 is 7.41. The van der Waals surface area contributed by atoms with E-state index in [9.17, 15) is 4.79 Å². The normalized spacial score (nSPS) is 19.5. The molecule has 2 aromatic rings. The zero-order valence-corrected chi connectivity index (χ0v) is 13.9. The number of anilines is 1. The van der Waals surface area contributed by atoms with Crippen LogP contribution in [-0.4, -0.2) is 39.2 Å². The first-order valence-corrected chi connectivity index (χ1v) is 6.86. The van der Waals surface area contributed by atoms with Crippen molar-refractivity contribution in [3.8, 4) is 5.69 Å². The summed E-state index contributed by atoms with van der Waals surface area (Å²) in [5, 5.41) is 2.87. The molecule has 1 aliphatic heterocycles. The first-order valence-electron chi connectivity index (χ1n) is 6.86. The number of nitrogens with one attached hydrogen (secondary N) is 1. The van der Waals surface area contributed by atoms with Crippen LogP contribution in [0.1, 0.15) is 12.8 Å². The van der Waals surface area contributed by atoms with Gasteiger partial charge in [0.15, 0.2) is 0 Å². The van der Waals surface area contributed by atoms with Crippen LogP contribution < -0.4 is 11.1 Å². The summed E-state index contributed by atoms with van der Waals surface area (Å²) in [6.07, 6.45) is 9.47. The van der Waals surface area contributed by atoms with Crippen molar-refractivity contribution in [1.82, 2.24) is 14.5 Å². The van der Waals surface area contributed by atoms with Crippen LogP contribution >= 0.6 is 24.8 Å². The number of hydrogen-bond acceptors (Lipinski definition) is 5. The third kappa shape index (κ3) is 4.42. The van der Waals surface area contributed by atoms with Crippen LogP contribution in [0.15, 0.2) is 37.2 Å². The monoisotopic (exact) mass is 359 g/mol. The van der Waals surface area contributed by atoms with E-state index in [1.807, 2.05) is 16.8 Å². The molecule has 1 aliphatic rings. The van der Waals surface area contributed by atoms with E-state index in [1.165, 1.54) is 0 Å².